The summed E-state index contributed by atoms with van der Waals surface area (Å²) in [5.41, 5.74) is -0.00137. The molecule has 0 heterocycles. The normalized spacial score (nSPS) is 9.88. The first-order chi connectivity index (χ1) is 7.88. The van der Waals surface area contributed by atoms with Gasteiger partial charge in [0, 0.05) is 0 Å². The van der Waals surface area contributed by atoms with E-state index in [9.17, 15) is 9.59 Å². The molecule has 0 unspecified atom stereocenters. The summed E-state index contributed by atoms with van der Waals surface area (Å²) in [7, 11) is 1.18. The van der Waals surface area contributed by atoms with Crippen LogP contribution in [-0.4, -0.2) is 24.3 Å². The summed E-state index contributed by atoms with van der Waals surface area (Å²) in [5, 5.41) is 9.00. The predicted octanol–water partition coefficient (Wildman–Crippen LogP) is 2.14. The molecule has 0 fully saturated rings. The number of hydrazine groups is 1. The van der Waals surface area contributed by atoms with Crippen molar-refractivity contribution in [2.75, 3.05) is 12.1 Å². The lowest BCUT2D eigenvalue weighted by atomic mass is 10.2. The van der Waals surface area contributed by atoms with E-state index in [2.05, 4.69) is 4.74 Å². The van der Waals surface area contributed by atoms with Gasteiger partial charge in [0.2, 0.25) is 0 Å². The van der Waals surface area contributed by atoms with Crippen molar-refractivity contribution in [1.82, 2.24) is 0 Å². The molecule has 0 aliphatic carbocycles. The highest BCUT2D eigenvalue weighted by Crippen LogP contribution is 2.30. The van der Waals surface area contributed by atoms with Crippen molar-refractivity contribution in [1.29, 1.82) is 0 Å². The number of methoxy groups -OCH3 is 1. The van der Waals surface area contributed by atoms with Gasteiger partial charge in [-0.2, -0.15) is 0 Å². The molecule has 0 aromatic heterocycles. The second-order valence-electron chi connectivity index (χ2n) is 2.93. The maximum absolute atomic E-state index is 11.3. The minimum absolute atomic E-state index is 0.0418. The quantitative estimate of drug-likeness (QED) is 0.374. The van der Waals surface area contributed by atoms with Crippen LogP contribution in [0, 0.1) is 0 Å². The molecular formula is C9H8Cl2N2O4. The third kappa shape index (κ3) is 2.79. The SMILES string of the molecule is COC(=O)c1c(Cl)cc(N(N)C(=O)O)cc1Cl. The van der Waals surface area contributed by atoms with Crippen molar-refractivity contribution >= 4 is 41.0 Å². The average Bonchev–Trinajstić information content (AvgIpc) is 2.26. The Kier molecular flexibility index (Phi) is 4.17. The highest BCUT2D eigenvalue weighted by atomic mass is 35.5. The maximum Gasteiger partial charge on any atom is 0.426 e. The van der Waals surface area contributed by atoms with Crippen molar-refractivity contribution in [3.8, 4) is 0 Å². The smallest absolute Gasteiger partial charge is 0.426 e. The van der Waals surface area contributed by atoms with E-state index in [1.54, 1.807) is 0 Å². The van der Waals surface area contributed by atoms with E-state index in [-0.39, 0.29) is 21.3 Å². The average molecular weight is 279 g/mol. The number of carbonyl (C=O) groups excluding carboxylic acids is 1. The van der Waals surface area contributed by atoms with Crippen molar-refractivity contribution in [2.45, 2.75) is 0 Å². The van der Waals surface area contributed by atoms with E-state index in [1.807, 2.05) is 0 Å². The topological polar surface area (TPSA) is 92.9 Å². The molecule has 0 atom stereocenters. The predicted molar refractivity (Wildman–Crippen MR) is 62.5 cm³/mol. The Bertz CT molecular complexity index is 455. The number of hydrogen-bond donors (Lipinski definition) is 2. The summed E-state index contributed by atoms with van der Waals surface area (Å²) in [4.78, 5) is 21.9. The number of ether oxygens (including phenoxy) is 1. The van der Waals surface area contributed by atoms with E-state index in [0.29, 0.717) is 5.01 Å². The van der Waals surface area contributed by atoms with Gasteiger partial charge in [-0.15, -0.1) is 0 Å². The number of hydrogen-bond acceptors (Lipinski definition) is 4. The third-order valence-corrected chi connectivity index (χ3v) is 2.50. The van der Waals surface area contributed by atoms with Gasteiger partial charge in [-0.1, -0.05) is 23.2 Å². The molecule has 0 aliphatic rings. The Morgan fingerprint density at radius 2 is 1.82 bits per heavy atom. The zero-order valence-corrected chi connectivity index (χ0v) is 10.1. The molecule has 1 amide bonds. The van der Waals surface area contributed by atoms with Crippen LogP contribution in [-0.2, 0) is 4.74 Å². The van der Waals surface area contributed by atoms with Crippen LogP contribution in [0.5, 0.6) is 0 Å². The lowest BCUT2D eigenvalue weighted by Crippen LogP contribution is -2.36. The van der Waals surface area contributed by atoms with Crippen LogP contribution in [0.1, 0.15) is 10.4 Å². The molecule has 0 radical (unpaired) electrons. The molecule has 6 nitrogen and oxygen atoms in total. The van der Waals surface area contributed by atoms with E-state index in [4.69, 9.17) is 34.2 Å². The molecule has 1 aromatic carbocycles. The zero-order chi connectivity index (χ0) is 13.2. The molecule has 92 valence electrons. The number of nitrogens with zero attached hydrogens (tertiary/aromatic N) is 1. The maximum atomic E-state index is 11.3. The Balaban J connectivity index is 3.27. The summed E-state index contributed by atoms with van der Waals surface area (Å²) in [6, 6.07) is 2.40. The number of anilines is 1. The first kappa shape index (κ1) is 13.6. The number of carboxylic acid groups (broad SMARTS) is 1. The second-order valence-corrected chi connectivity index (χ2v) is 3.74. The monoisotopic (exact) mass is 278 g/mol. The molecule has 0 bridgehead atoms. The Hall–Kier alpha value is -1.50. The summed E-state index contributed by atoms with van der Waals surface area (Å²) in [6.45, 7) is 0. The number of amides is 1. The summed E-state index contributed by atoms with van der Waals surface area (Å²) in [5.74, 6) is 4.52. The van der Waals surface area contributed by atoms with Crippen LogP contribution in [0.15, 0.2) is 12.1 Å². The summed E-state index contributed by atoms with van der Waals surface area (Å²) >= 11 is 11.6. The van der Waals surface area contributed by atoms with Gasteiger partial charge in [-0.25, -0.2) is 20.4 Å². The fraction of sp³-hybridized carbons (Fsp3) is 0.111. The molecule has 0 saturated carbocycles. The Morgan fingerprint density at radius 1 is 1.35 bits per heavy atom. The molecule has 3 N–H and O–H groups in total. The van der Waals surface area contributed by atoms with E-state index < -0.39 is 12.1 Å². The number of rotatable bonds is 2. The van der Waals surface area contributed by atoms with Crippen LogP contribution in [0.4, 0.5) is 10.5 Å². The molecule has 1 rings (SSSR count). The lowest BCUT2D eigenvalue weighted by molar-refractivity contribution is 0.0601. The molecule has 17 heavy (non-hydrogen) atoms. The second kappa shape index (κ2) is 5.22. The van der Waals surface area contributed by atoms with Gasteiger partial charge in [0.1, 0.15) is 0 Å². The standard InChI is InChI=1S/C9H8Cl2N2O4/c1-17-8(14)7-5(10)2-4(3-6(7)11)13(12)9(15)16/h2-3H,12H2,1H3,(H,15,16). The van der Waals surface area contributed by atoms with Crippen LogP contribution < -0.4 is 10.9 Å². The summed E-state index contributed by atoms with van der Waals surface area (Å²) in [6.07, 6.45) is -1.39. The lowest BCUT2D eigenvalue weighted by Gasteiger charge is -2.14. The number of carbonyl (C=O) groups is 2. The molecule has 0 aliphatic heterocycles. The Morgan fingerprint density at radius 3 is 2.18 bits per heavy atom. The van der Waals surface area contributed by atoms with E-state index in [0.717, 1.165) is 0 Å². The fourth-order valence-corrected chi connectivity index (χ4v) is 1.74. The van der Waals surface area contributed by atoms with Crippen molar-refractivity contribution < 1.29 is 19.4 Å². The summed E-state index contributed by atoms with van der Waals surface area (Å²) < 4.78 is 4.48. The number of esters is 1. The zero-order valence-electron chi connectivity index (χ0n) is 8.61. The largest absolute Gasteiger partial charge is 0.465 e. The minimum Gasteiger partial charge on any atom is -0.465 e. The van der Waals surface area contributed by atoms with Gasteiger partial charge in [0.15, 0.2) is 0 Å². The van der Waals surface area contributed by atoms with Crippen molar-refractivity contribution in [3.05, 3.63) is 27.7 Å². The van der Waals surface area contributed by atoms with Gasteiger partial charge < -0.3 is 9.84 Å². The van der Waals surface area contributed by atoms with Gasteiger partial charge in [0.05, 0.1) is 28.4 Å². The van der Waals surface area contributed by atoms with Crippen LogP contribution in [0.3, 0.4) is 0 Å². The van der Waals surface area contributed by atoms with Crippen LogP contribution in [0.25, 0.3) is 0 Å². The van der Waals surface area contributed by atoms with Gasteiger partial charge >= 0.3 is 12.1 Å². The first-order valence-electron chi connectivity index (χ1n) is 4.23. The van der Waals surface area contributed by atoms with E-state index >= 15 is 0 Å². The Labute approximate surface area is 106 Å². The van der Waals surface area contributed by atoms with Crippen LogP contribution in [0.2, 0.25) is 10.0 Å². The molecule has 0 saturated heterocycles. The highest BCUT2D eigenvalue weighted by Gasteiger charge is 2.19. The van der Waals surface area contributed by atoms with Crippen molar-refractivity contribution in [2.24, 2.45) is 5.84 Å². The van der Waals surface area contributed by atoms with Gasteiger partial charge in [-0.05, 0) is 12.1 Å². The molecule has 1 aromatic rings. The van der Waals surface area contributed by atoms with Crippen molar-refractivity contribution in [3.63, 3.8) is 0 Å². The number of halogens is 2. The minimum atomic E-state index is -1.39. The number of benzene rings is 1. The van der Waals surface area contributed by atoms with Crippen LogP contribution >= 0.6 is 23.2 Å². The van der Waals surface area contributed by atoms with E-state index in [1.165, 1.54) is 19.2 Å². The fourth-order valence-electron chi connectivity index (χ4n) is 1.11. The molecular weight excluding hydrogens is 271 g/mol. The van der Waals surface area contributed by atoms with Gasteiger partial charge in [0.25, 0.3) is 0 Å². The highest BCUT2D eigenvalue weighted by molar-refractivity contribution is 6.39. The molecule has 0 spiro atoms. The van der Waals surface area contributed by atoms with Gasteiger partial charge in [-0.3, -0.25) is 0 Å². The molecule has 8 heteroatoms. The number of nitrogens with two attached hydrogens (primary N) is 1. The third-order valence-electron chi connectivity index (χ3n) is 1.90. The first-order valence-corrected chi connectivity index (χ1v) is 4.99.